The molecule has 0 fully saturated rings. The van der Waals surface area contributed by atoms with Gasteiger partial charge >= 0.3 is 6.18 Å². The first-order chi connectivity index (χ1) is 9.38. The summed E-state index contributed by atoms with van der Waals surface area (Å²) < 4.78 is 37.6. The second kappa shape index (κ2) is 5.62. The van der Waals surface area contributed by atoms with Crippen molar-refractivity contribution >= 4 is 11.0 Å². The van der Waals surface area contributed by atoms with Crippen molar-refractivity contribution in [3.8, 4) is 0 Å². The summed E-state index contributed by atoms with van der Waals surface area (Å²) in [6.45, 7) is 0.754. The van der Waals surface area contributed by atoms with E-state index in [1.807, 2.05) is 0 Å². The Labute approximate surface area is 113 Å². The molecule has 0 saturated carbocycles. The molecular formula is C13H14F3N3O. The number of alkyl halides is 3. The van der Waals surface area contributed by atoms with E-state index in [0.717, 1.165) is 0 Å². The van der Waals surface area contributed by atoms with Crippen LogP contribution in [0.15, 0.2) is 29.1 Å². The van der Waals surface area contributed by atoms with Gasteiger partial charge in [0.1, 0.15) is 5.69 Å². The molecule has 7 heteroatoms. The van der Waals surface area contributed by atoms with Crippen molar-refractivity contribution in [2.75, 3.05) is 13.1 Å². The van der Waals surface area contributed by atoms with E-state index in [9.17, 15) is 18.0 Å². The molecule has 20 heavy (non-hydrogen) atoms. The molecule has 0 saturated heterocycles. The molecule has 1 aromatic heterocycles. The number of benzene rings is 1. The quantitative estimate of drug-likeness (QED) is 0.872. The number of fused-ring (bicyclic) bond motifs is 1. The first-order valence-corrected chi connectivity index (χ1v) is 6.12. The van der Waals surface area contributed by atoms with Gasteiger partial charge in [-0.25, -0.2) is 4.98 Å². The highest BCUT2D eigenvalue weighted by Crippen LogP contribution is 2.12. The molecule has 0 unspecified atom stereocenters. The SMILES string of the molecule is Cc1nc2ccccc2n(CCNCC(F)(F)F)c1=O. The molecule has 1 N–H and O–H groups in total. The van der Waals surface area contributed by atoms with Gasteiger partial charge in [-0.05, 0) is 19.1 Å². The second-order valence-corrected chi connectivity index (χ2v) is 4.43. The van der Waals surface area contributed by atoms with Gasteiger partial charge in [0.15, 0.2) is 0 Å². The van der Waals surface area contributed by atoms with E-state index in [1.165, 1.54) is 4.57 Å². The minimum absolute atomic E-state index is 0.0624. The molecule has 0 bridgehead atoms. The van der Waals surface area contributed by atoms with Crippen LogP contribution in [-0.4, -0.2) is 28.8 Å². The molecule has 0 aliphatic carbocycles. The molecule has 0 amide bonds. The first-order valence-electron chi connectivity index (χ1n) is 6.12. The summed E-state index contributed by atoms with van der Waals surface area (Å²) in [7, 11) is 0. The fraction of sp³-hybridized carbons (Fsp3) is 0.385. The van der Waals surface area contributed by atoms with Crippen molar-refractivity contribution in [1.29, 1.82) is 0 Å². The largest absolute Gasteiger partial charge is 0.401 e. The van der Waals surface area contributed by atoms with Gasteiger partial charge in [-0.1, -0.05) is 12.1 Å². The third-order valence-electron chi connectivity index (χ3n) is 2.85. The highest BCUT2D eigenvalue weighted by Gasteiger charge is 2.25. The lowest BCUT2D eigenvalue weighted by Crippen LogP contribution is -2.34. The summed E-state index contributed by atoms with van der Waals surface area (Å²) in [4.78, 5) is 16.2. The number of para-hydroxylation sites is 2. The Morgan fingerprint density at radius 2 is 2.00 bits per heavy atom. The van der Waals surface area contributed by atoms with Crippen LogP contribution in [0.25, 0.3) is 11.0 Å². The van der Waals surface area contributed by atoms with Crippen LogP contribution < -0.4 is 10.9 Å². The molecule has 1 aromatic carbocycles. The average molecular weight is 285 g/mol. The minimum atomic E-state index is -4.25. The molecular weight excluding hydrogens is 271 g/mol. The van der Waals surface area contributed by atoms with Gasteiger partial charge in [-0.3, -0.25) is 4.79 Å². The predicted molar refractivity (Wildman–Crippen MR) is 69.7 cm³/mol. The number of aryl methyl sites for hydroxylation is 1. The Hall–Kier alpha value is -1.89. The lowest BCUT2D eigenvalue weighted by molar-refractivity contribution is -0.124. The van der Waals surface area contributed by atoms with Crippen LogP contribution in [-0.2, 0) is 6.54 Å². The minimum Gasteiger partial charge on any atom is -0.307 e. The van der Waals surface area contributed by atoms with Crippen LogP contribution >= 0.6 is 0 Å². The normalized spacial score (nSPS) is 12.0. The number of nitrogens with zero attached hydrogens (tertiary/aromatic N) is 2. The van der Waals surface area contributed by atoms with Crippen molar-refractivity contribution in [1.82, 2.24) is 14.9 Å². The zero-order chi connectivity index (χ0) is 14.8. The van der Waals surface area contributed by atoms with Crippen molar-refractivity contribution in [3.05, 3.63) is 40.3 Å². The molecule has 108 valence electrons. The fourth-order valence-electron chi connectivity index (χ4n) is 1.96. The Kier molecular flexibility index (Phi) is 4.08. The first kappa shape index (κ1) is 14.5. The van der Waals surface area contributed by atoms with Crippen molar-refractivity contribution in [3.63, 3.8) is 0 Å². The van der Waals surface area contributed by atoms with Crippen LogP contribution in [0.3, 0.4) is 0 Å². The standard InChI is InChI=1S/C13H14F3N3O/c1-9-12(20)19(7-6-17-8-13(14,15)16)11-5-3-2-4-10(11)18-9/h2-5,17H,6-8H2,1H3. The maximum absolute atomic E-state index is 12.0. The monoisotopic (exact) mass is 285 g/mol. The van der Waals surface area contributed by atoms with Gasteiger partial charge in [0, 0.05) is 13.1 Å². The summed E-state index contributed by atoms with van der Waals surface area (Å²) in [5.41, 5.74) is 1.33. The Balaban J connectivity index is 2.21. The van der Waals surface area contributed by atoms with Crippen LogP contribution in [0.5, 0.6) is 0 Å². The molecule has 2 rings (SSSR count). The van der Waals surface area contributed by atoms with E-state index in [-0.39, 0.29) is 18.6 Å². The van der Waals surface area contributed by atoms with Gasteiger partial charge < -0.3 is 9.88 Å². The average Bonchev–Trinajstić information content (AvgIpc) is 2.37. The van der Waals surface area contributed by atoms with E-state index in [1.54, 1.807) is 31.2 Å². The molecule has 1 heterocycles. The summed E-state index contributed by atoms with van der Waals surface area (Å²) in [5.74, 6) is 0. The number of nitrogens with one attached hydrogen (secondary N) is 1. The Bertz CT molecular complexity index is 664. The van der Waals surface area contributed by atoms with E-state index in [2.05, 4.69) is 10.3 Å². The smallest absolute Gasteiger partial charge is 0.307 e. The molecule has 0 atom stereocenters. The van der Waals surface area contributed by atoms with E-state index in [4.69, 9.17) is 0 Å². The van der Waals surface area contributed by atoms with Gasteiger partial charge in [-0.15, -0.1) is 0 Å². The lowest BCUT2D eigenvalue weighted by atomic mass is 10.2. The number of halogens is 3. The number of hydrogen-bond acceptors (Lipinski definition) is 3. The molecule has 0 aliphatic rings. The second-order valence-electron chi connectivity index (χ2n) is 4.43. The van der Waals surface area contributed by atoms with E-state index in [0.29, 0.717) is 16.7 Å². The maximum atomic E-state index is 12.0. The third-order valence-corrected chi connectivity index (χ3v) is 2.85. The highest BCUT2D eigenvalue weighted by molar-refractivity contribution is 5.74. The molecule has 4 nitrogen and oxygen atoms in total. The maximum Gasteiger partial charge on any atom is 0.401 e. The predicted octanol–water partition coefficient (Wildman–Crippen LogP) is 1.86. The molecule has 0 spiro atoms. The van der Waals surface area contributed by atoms with Gasteiger partial charge in [0.05, 0.1) is 17.6 Å². The molecule has 0 radical (unpaired) electrons. The van der Waals surface area contributed by atoms with Gasteiger partial charge in [-0.2, -0.15) is 13.2 Å². The fourth-order valence-corrected chi connectivity index (χ4v) is 1.96. The summed E-state index contributed by atoms with van der Waals surface area (Å²) in [5, 5.41) is 2.28. The van der Waals surface area contributed by atoms with E-state index >= 15 is 0 Å². The van der Waals surface area contributed by atoms with E-state index < -0.39 is 12.7 Å². The Morgan fingerprint density at radius 3 is 2.70 bits per heavy atom. The lowest BCUT2D eigenvalue weighted by Gasteiger charge is -2.12. The highest BCUT2D eigenvalue weighted by atomic mass is 19.4. The van der Waals surface area contributed by atoms with Crippen molar-refractivity contribution in [2.24, 2.45) is 0 Å². The Morgan fingerprint density at radius 1 is 1.30 bits per heavy atom. The summed E-state index contributed by atoms with van der Waals surface area (Å²) in [6, 6.07) is 7.05. The molecule has 2 aromatic rings. The van der Waals surface area contributed by atoms with Crippen molar-refractivity contribution < 1.29 is 13.2 Å². The van der Waals surface area contributed by atoms with Gasteiger partial charge in [0.2, 0.25) is 0 Å². The van der Waals surface area contributed by atoms with Gasteiger partial charge in [0.25, 0.3) is 5.56 Å². The zero-order valence-electron chi connectivity index (χ0n) is 10.9. The van der Waals surface area contributed by atoms with Crippen LogP contribution in [0, 0.1) is 6.92 Å². The van der Waals surface area contributed by atoms with Crippen LogP contribution in [0.4, 0.5) is 13.2 Å². The summed E-state index contributed by atoms with van der Waals surface area (Å²) in [6.07, 6.45) is -4.25. The zero-order valence-corrected chi connectivity index (χ0v) is 10.9. The third kappa shape index (κ3) is 3.36. The molecule has 0 aliphatic heterocycles. The number of rotatable bonds is 4. The van der Waals surface area contributed by atoms with Crippen molar-refractivity contribution in [2.45, 2.75) is 19.6 Å². The number of hydrogen-bond donors (Lipinski definition) is 1. The van der Waals surface area contributed by atoms with Crippen LogP contribution in [0.2, 0.25) is 0 Å². The number of aromatic nitrogens is 2. The van der Waals surface area contributed by atoms with Crippen LogP contribution in [0.1, 0.15) is 5.69 Å². The summed E-state index contributed by atoms with van der Waals surface area (Å²) >= 11 is 0. The topological polar surface area (TPSA) is 46.9 Å².